The normalized spacial score (nSPS) is 18.8. The standard InChI is InChI=1S/C24H35ClN4O3/c1-24(2,3)27-23(32)29-15-11-17(12-16-29)20(22(31)28-13-7-4-8-14-28)26-21(30)18-9-5-6-10-19(18)25/h5-6,9-10,17,20H,4,7-8,11-16H2,1-3H3,(H,26,30)(H,27,32)/t20-/m1/s1. The van der Waals surface area contributed by atoms with Crippen molar-refractivity contribution in [3.05, 3.63) is 34.9 Å². The van der Waals surface area contributed by atoms with E-state index in [0.717, 1.165) is 32.4 Å². The quantitative estimate of drug-likeness (QED) is 0.716. The van der Waals surface area contributed by atoms with Crippen LogP contribution in [-0.4, -0.2) is 65.4 Å². The highest BCUT2D eigenvalue weighted by molar-refractivity contribution is 6.33. The third-order valence-electron chi connectivity index (χ3n) is 6.12. The molecule has 0 spiro atoms. The minimum absolute atomic E-state index is 0.0253. The Morgan fingerprint density at radius 2 is 1.59 bits per heavy atom. The Kier molecular flexibility index (Phi) is 8.04. The van der Waals surface area contributed by atoms with Gasteiger partial charge in [-0.2, -0.15) is 0 Å². The van der Waals surface area contributed by atoms with Gasteiger partial charge in [0, 0.05) is 31.7 Å². The average Bonchev–Trinajstić information content (AvgIpc) is 2.77. The third-order valence-corrected chi connectivity index (χ3v) is 6.45. The van der Waals surface area contributed by atoms with Gasteiger partial charge in [0.15, 0.2) is 0 Å². The van der Waals surface area contributed by atoms with Gasteiger partial charge in [0.05, 0.1) is 10.6 Å². The number of hydrogen-bond donors (Lipinski definition) is 2. The van der Waals surface area contributed by atoms with Crippen molar-refractivity contribution in [2.75, 3.05) is 26.2 Å². The summed E-state index contributed by atoms with van der Waals surface area (Å²) in [7, 11) is 0. The van der Waals surface area contributed by atoms with Crippen LogP contribution in [0.1, 0.15) is 63.2 Å². The first-order valence-electron chi connectivity index (χ1n) is 11.6. The molecular formula is C24H35ClN4O3. The third kappa shape index (κ3) is 6.37. The SMILES string of the molecule is CC(C)(C)NC(=O)N1CCC([C@@H](NC(=O)c2ccccc2Cl)C(=O)N2CCCCC2)CC1. The summed E-state index contributed by atoms with van der Waals surface area (Å²) in [5.74, 6) is -0.392. The molecule has 32 heavy (non-hydrogen) atoms. The highest BCUT2D eigenvalue weighted by Crippen LogP contribution is 2.25. The molecule has 0 unspecified atom stereocenters. The summed E-state index contributed by atoms with van der Waals surface area (Å²) < 4.78 is 0. The lowest BCUT2D eigenvalue weighted by Gasteiger charge is -2.39. The smallest absolute Gasteiger partial charge is 0.317 e. The number of carbonyl (C=O) groups is 3. The lowest BCUT2D eigenvalue weighted by atomic mass is 9.88. The highest BCUT2D eigenvalue weighted by Gasteiger charge is 2.37. The van der Waals surface area contributed by atoms with Gasteiger partial charge >= 0.3 is 6.03 Å². The molecule has 3 rings (SSSR count). The van der Waals surface area contributed by atoms with Gasteiger partial charge in [0.1, 0.15) is 6.04 Å². The van der Waals surface area contributed by atoms with E-state index in [1.54, 1.807) is 29.2 Å². The molecular weight excluding hydrogens is 428 g/mol. The number of likely N-dealkylation sites (tertiary alicyclic amines) is 2. The Labute approximate surface area is 195 Å². The Morgan fingerprint density at radius 1 is 0.969 bits per heavy atom. The second kappa shape index (κ2) is 10.6. The number of urea groups is 1. The van der Waals surface area contributed by atoms with E-state index in [4.69, 9.17) is 11.6 Å². The van der Waals surface area contributed by atoms with Crippen molar-refractivity contribution in [1.82, 2.24) is 20.4 Å². The van der Waals surface area contributed by atoms with Gasteiger partial charge in [-0.15, -0.1) is 0 Å². The Balaban J connectivity index is 1.71. The van der Waals surface area contributed by atoms with Crippen molar-refractivity contribution >= 4 is 29.4 Å². The van der Waals surface area contributed by atoms with E-state index in [9.17, 15) is 14.4 Å². The highest BCUT2D eigenvalue weighted by atomic mass is 35.5. The Hall–Kier alpha value is -2.28. The van der Waals surface area contributed by atoms with Gasteiger partial charge in [-0.05, 0) is 70.9 Å². The molecule has 2 aliphatic heterocycles. The monoisotopic (exact) mass is 462 g/mol. The van der Waals surface area contributed by atoms with Crippen LogP contribution >= 0.6 is 11.6 Å². The van der Waals surface area contributed by atoms with Crippen LogP contribution in [0.15, 0.2) is 24.3 Å². The van der Waals surface area contributed by atoms with Gasteiger partial charge in [0.25, 0.3) is 5.91 Å². The molecule has 2 saturated heterocycles. The van der Waals surface area contributed by atoms with Crippen molar-refractivity contribution in [3.63, 3.8) is 0 Å². The molecule has 8 heteroatoms. The molecule has 0 bridgehead atoms. The predicted octanol–water partition coefficient (Wildman–Crippen LogP) is 3.67. The second-order valence-corrected chi connectivity index (χ2v) is 10.2. The summed E-state index contributed by atoms with van der Waals surface area (Å²) in [6.45, 7) is 8.42. The fraction of sp³-hybridized carbons (Fsp3) is 0.625. The Bertz CT molecular complexity index is 825. The predicted molar refractivity (Wildman–Crippen MR) is 126 cm³/mol. The minimum atomic E-state index is -0.621. The molecule has 1 atom stereocenters. The lowest BCUT2D eigenvalue weighted by Crippen LogP contribution is -2.57. The van der Waals surface area contributed by atoms with E-state index in [-0.39, 0.29) is 29.3 Å². The average molecular weight is 463 g/mol. The van der Waals surface area contributed by atoms with E-state index < -0.39 is 6.04 Å². The minimum Gasteiger partial charge on any atom is -0.341 e. The van der Waals surface area contributed by atoms with Gasteiger partial charge in [-0.1, -0.05) is 23.7 Å². The maximum Gasteiger partial charge on any atom is 0.317 e. The lowest BCUT2D eigenvalue weighted by molar-refractivity contribution is -0.136. The molecule has 2 fully saturated rings. The maximum atomic E-state index is 13.4. The Morgan fingerprint density at radius 3 is 2.19 bits per heavy atom. The number of benzene rings is 1. The van der Waals surface area contributed by atoms with Crippen LogP contribution in [0.5, 0.6) is 0 Å². The summed E-state index contributed by atoms with van der Waals surface area (Å²) in [5, 5.41) is 6.35. The summed E-state index contributed by atoms with van der Waals surface area (Å²) in [6.07, 6.45) is 4.42. The maximum absolute atomic E-state index is 13.4. The van der Waals surface area contributed by atoms with Crippen molar-refractivity contribution in [3.8, 4) is 0 Å². The van der Waals surface area contributed by atoms with Crippen LogP contribution in [0, 0.1) is 5.92 Å². The van der Waals surface area contributed by atoms with Crippen LogP contribution in [0.3, 0.4) is 0 Å². The first-order valence-corrected chi connectivity index (χ1v) is 11.9. The molecule has 176 valence electrons. The zero-order chi connectivity index (χ0) is 23.3. The van der Waals surface area contributed by atoms with Crippen LogP contribution in [0.2, 0.25) is 5.02 Å². The summed E-state index contributed by atoms with van der Waals surface area (Å²) >= 11 is 6.22. The number of hydrogen-bond acceptors (Lipinski definition) is 3. The van der Waals surface area contributed by atoms with Gasteiger partial charge < -0.3 is 20.4 Å². The zero-order valence-electron chi connectivity index (χ0n) is 19.3. The van der Waals surface area contributed by atoms with Crippen molar-refractivity contribution < 1.29 is 14.4 Å². The molecule has 7 nitrogen and oxygen atoms in total. The number of rotatable bonds is 4. The van der Waals surface area contributed by atoms with E-state index in [1.807, 2.05) is 25.7 Å². The van der Waals surface area contributed by atoms with Crippen molar-refractivity contribution in [1.29, 1.82) is 0 Å². The number of halogens is 1. The fourth-order valence-corrected chi connectivity index (χ4v) is 4.61. The van der Waals surface area contributed by atoms with Gasteiger partial charge in [-0.25, -0.2) is 4.79 Å². The van der Waals surface area contributed by atoms with Crippen LogP contribution < -0.4 is 10.6 Å². The van der Waals surface area contributed by atoms with Crippen molar-refractivity contribution in [2.24, 2.45) is 5.92 Å². The largest absolute Gasteiger partial charge is 0.341 e. The molecule has 2 aliphatic rings. The molecule has 0 aromatic heterocycles. The van der Waals surface area contributed by atoms with E-state index in [2.05, 4.69) is 10.6 Å². The molecule has 0 aliphatic carbocycles. The molecule has 2 N–H and O–H groups in total. The van der Waals surface area contributed by atoms with E-state index in [0.29, 0.717) is 36.5 Å². The van der Waals surface area contributed by atoms with Crippen LogP contribution in [0.25, 0.3) is 0 Å². The second-order valence-electron chi connectivity index (χ2n) is 9.82. The first-order chi connectivity index (χ1) is 15.2. The number of carbonyl (C=O) groups excluding carboxylic acids is 3. The number of amides is 4. The van der Waals surface area contributed by atoms with E-state index >= 15 is 0 Å². The van der Waals surface area contributed by atoms with E-state index in [1.165, 1.54) is 0 Å². The van der Waals surface area contributed by atoms with Crippen molar-refractivity contribution in [2.45, 2.75) is 64.5 Å². The molecule has 1 aromatic carbocycles. The molecule has 0 saturated carbocycles. The topological polar surface area (TPSA) is 81.8 Å². The zero-order valence-corrected chi connectivity index (χ0v) is 20.1. The number of nitrogens with one attached hydrogen (secondary N) is 2. The van der Waals surface area contributed by atoms with Crippen LogP contribution in [-0.2, 0) is 4.79 Å². The number of nitrogens with zero attached hydrogens (tertiary/aromatic N) is 2. The molecule has 1 aromatic rings. The molecule has 4 amide bonds. The summed E-state index contributed by atoms with van der Waals surface area (Å²) in [4.78, 5) is 42.6. The summed E-state index contributed by atoms with van der Waals surface area (Å²) in [6, 6.07) is 6.16. The number of piperidine rings is 2. The van der Waals surface area contributed by atoms with Gasteiger partial charge in [0.2, 0.25) is 5.91 Å². The molecule has 0 radical (unpaired) electrons. The summed E-state index contributed by atoms with van der Waals surface area (Å²) in [5.41, 5.74) is 0.0662. The van der Waals surface area contributed by atoms with Gasteiger partial charge in [-0.3, -0.25) is 9.59 Å². The van der Waals surface area contributed by atoms with Crippen LogP contribution in [0.4, 0.5) is 4.79 Å². The fourth-order valence-electron chi connectivity index (χ4n) is 4.39. The first kappa shape index (κ1) is 24.4. The molecule has 2 heterocycles.